The third kappa shape index (κ3) is 9.40. The zero-order valence-electron chi connectivity index (χ0n) is 63.8. The zero-order chi connectivity index (χ0) is 71.1. The molecule has 0 fully saturated rings. The Hall–Kier alpha value is -9.32. The molecule has 0 amide bonds. The lowest BCUT2D eigenvalue weighted by molar-refractivity contribution is 0.411. The quantitative estimate of drug-likeness (QED) is 0.134. The van der Waals surface area contributed by atoms with Gasteiger partial charge in [-0.25, -0.2) is 0 Å². The van der Waals surface area contributed by atoms with Crippen LogP contribution in [0.3, 0.4) is 0 Å². The molecule has 0 radical (unpaired) electrons. The summed E-state index contributed by atoms with van der Waals surface area (Å²) in [6, 6.07) is 60.8. The Morgan fingerprint density at radius 2 is 0.709 bits per heavy atom. The highest BCUT2D eigenvalue weighted by molar-refractivity contribution is 7.00. The molecule has 0 saturated carbocycles. The number of para-hydroxylation sites is 2. The number of fused-ring (bicyclic) bond motifs is 10. The maximum atomic E-state index is 10.3. The summed E-state index contributed by atoms with van der Waals surface area (Å²) in [5, 5.41) is 1.42. The Morgan fingerprint density at radius 1 is 0.337 bits per heavy atom. The van der Waals surface area contributed by atoms with Gasteiger partial charge in [0.15, 0.2) is 0 Å². The standard InChI is InChI=1S/C81H73BN4/c1-79(2,3)50-53-28-42-72-66(44-53)64-24-16-18-26-70(64)85(72)62-38-40-68-74(48-62)83(60-34-30-58(31-35-60)56-20-12-10-13-21-56)76-46-55(52-81(7,8)9)47-77-78(76)82(68)69-41-39-63(49-75(69)84(77)61-36-32-59(33-37-61)57-22-14-11-15-23-57)86-71-27-19-17-25-65(71)67-45-54(29-43-73(67)86)51-80(4,5)6/h10-49H,50-52H2,1-9H3/i16D,17D,18D,19D,24D,25D,26D,27D,50D2,51D2,52D2. The van der Waals surface area contributed by atoms with Crippen molar-refractivity contribution in [2.24, 2.45) is 16.2 Å². The zero-order valence-corrected chi connectivity index (χ0v) is 49.8. The highest BCUT2D eigenvalue weighted by Gasteiger charge is 2.44. The predicted octanol–water partition coefficient (Wildman–Crippen LogP) is 20.1. The first-order chi connectivity index (χ1) is 47.1. The molecule has 86 heavy (non-hydrogen) atoms. The van der Waals surface area contributed by atoms with Gasteiger partial charge in [-0.3, -0.25) is 0 Å². The normalized spacial score (nSPS) is 16.1. The Bertz CT molecular complexity index is 5240. The summed E-state index contributed by atoms with van der Waals surface area (Å²) in [5.41, 5.74) is 11.9. The fourth-order valence-corrected chi connectivity index (χ4v) is 13.2. The third-order valence-corrected chi connectivity index (χ3v) is 16.4. The summed E-state index contributed by atoms with van der Waals surface area (Å²) in [5.74, 6) is 0. The summed E-state index contributed by atoms with van der Waals surface area (Å²) in [7, 11) is 0. The van der Waals surface area contributed by atoms with E-state index >= 15 is 0 Å². The number of nitrogens with zero attached hydrogens (tertiary/aromatic N) is 4. The maximum Gasteiger partial charge on any atom is 0.252 e. The van der Waals surface area contributed by atoms with Gasteiger partial charge < -0.3 is 18.9 Å². The van der Waals surface area contributed by atoms with E-state index in [1.807, 2.05) is 156 Å². The Morgan fingerprint density at radius 3 is 1.12 bits per heavy atom. The topological polar surface area (TPSA) is 16.3 Å². The van der Waals surface area contributed by atoms with Crippen molar-refractivity contribution in [3.05, 3.63) is 259 Å². The lowest BCUT2D eigenvalue weighted by atomic mass is 9.33. The SMILES string of the molecule is [2H]c1c([2H])c([2H])c2c(c1[2H])c1cc(C([2H])([2H])C(C)(C)C)ccc1n2-c1ccc2c(c1)N(c1ccc(-c3ccccc3)cc1)c1cc(C([2H])([2H])C(C)(C)C)cc3c1B2c1ccc(-n2c4ccc(C([2H])([2H])C(C)(C)C)cc4c4c([2H])c([2H])c([2H])c([2H])c42)cc1N3c1ccc(-c2ccccc2)cc1. The van der Waals surface area contributed by atoms with Crippen LogP contribution in [0.5, 0.6) is 0 Å². The second kappa shape index (κ2) is 20.2. The molecule has 420 valence electrons. The average molecular weight is 1130 g/mol. The van der Waals surface area contributed by atoms with Gasteiger partial charge in [0, 0.05) is 75.3 Å². The van der Waals surface area contributed by atoms with E-state index in [2.05, 4.69) is 94.7 Å². The lowest BCUT2D eigenvalue weighted by Crippen LogP contribution is -2.61. The van der Waals surface area contributed by atoms with Crippen molar-refractivity contribution in [3.63, 3.8) is 0 Å². The van der Waals surface area contributed by atoms with Gasteiger partial charge in [0.05, 0.1) is 33.0 Å². The van der Waals surface area contributed by atoms with E-state index in [9.17, 15) is 13.7 Å². The number of benzene rings is 11. The molecule has 0 saturated heterocycles. The van der Waals surface area contributed by atoms with E-state index in [1.165, 1.54) is 0 Å². The van der Waals surface area contributed by atoms with Gasteiger partial charge in [0.1, 0.15) is 0 Å². The largest absolute Gasteiger partial charge is 0.311 e. The first-order valence-electron chi connectivity index (χ1n) is 36.6. The van der Waals surface area contributed by atoms with Crippen LogP contribution >= 0.6 is 0 Å². The van der Waals surface area contributed by atoms with E-state index in [1.54, 1.807) is 24.3 Å². The van der Waals surface area contributed by atoms with Crippen molar-refractivity contribution in [3.8, 4) is 33.6 Å². The highest BCUT2D eigenvalue weighted by atomic mass is 15.2. The third-order valence-electron chi connectivity index (χ3n) is 16.4. The minimum atomic E-state index is -1.98. The van der Waals surface area contributed by atoms with Gasteiger partial charge in [0.25, 0.3) is 6.71 Å². The molecule has 4 heterocycles. The number of rotatable bonds is 9. The smallest absolute Gasteiger partial charge is 0.252 e. The van der Waals surface area contributed by atoms with Crippen molar-refractivity contribution >= 4 is 101 Å². The Labute approximate surface area is 527 Å². The van der Waals surface area contributed by atoms with Crippen molar-refractivity contribution in [2.45, 2.75) is 81.4 Å². The van der Waals surface area contributed by atoms with E-state index < -0.39 is 66.2 Å². The molecule has 0 unspecified atom stereocenters. The fraction of sp³-hybridized carbons (Fsp3) is 0.185. The number of hydrogen-bond donors (Lipinski definition) is 0. The van der Waals surface area contributed by atoms with Crippen molar-refractivity contribution in [1.29, 1.82) is 0 Å². The fourth-order valence-electron chi connectivity index (χ4n) is 13.2. The number of hydrogen-bond acceptors (Lipinski definition) is 2. The molecule has 13 aromatic rings. The van der Waals surface area contributed by atoms with Crippen LogP contribution in [0.1, 0.15) is 98.2 Å². The summed E-state index contributed by atoms with van der Waals surface area (Å²) >= 11 is 0. The molecule has 11 aromatic carbocycles. The molecule has 0 aliphatic carbocycles. The van der Waals surface area contributed by atoms with E-state index in [0.29, 0.717) is 72.6 Å². The number of aromatic nitrogens is 2. The highest BCUT2D eigenvalue weighted by Crippen LogP contribution is 2.48. The molecule has 0 bridgehead atoms. The summed E-state index contributed by atoms with van der Waals surface area (Å²) in [6.07, 6.45) is -5.67. The molecule has 2 aromatic heterocycles. The van der Waals surface area contributed by atoms with Crippen LogP contribution < -0.4 is 26.2 Å². The van der Waals surface area contributed by atoms with Crippen molar-refractivity contribution < 1.29 is 19.2 Å². The number of anilines is 6. The lowest BCUT2D eigenvalue weighted by Gasteiger charge is -2.45. The minimum Gasteiger partial charge on any atom is -0.311 e. The van der Waals surface area contributed by atoms with Crippen LogP contribution in [0.15, 0.2) is 242 Å². The minimum absolute atomic E-state index is 0.218. The van der Waals surface area contributed by atoms with Crippen LogP contribution in [-0.4, -0.2) is 15.8 Å². The molecule has 2 aliphatic heterocycles. The first-order valence-corrected chi connectivity index (χ1v) is 29.6. The van der Waals surface area contributed by atoms with Gasteiger partial charge >= 0.3 is 0 Å². The second-order valence-corrected chi connectivity index (χ2v) is 26.1. The van der Waals surface area contributed by atoms with Crippen molar-refractivity contribution in [1.82, 2.24) is 9.13 Å². The molecule has 0 N–H and O–H groups in total. The van der Waals surface area contributed by atoms with Crippen LogP contribution in [0.4, 0.5) is 34.1 Å². The van der Waals surface area contributed by atoms with Gasteiger partial charge in [0.2, 0.25) is 0 Å². The van der Waals surface area contributed by atoms with Gasteiger partial charge in [-0.1, -0.05) is 208 Å². The molecular weight excluding hydrogens is 1040 g/mol. The Kier molecular flexibility index (Phi) is 9.40. The second-order valence-electron chi connectivity index (χ2n) is 26.1. The van der Waals surface area contributed by atoms with Crippen LogP contribution in [-0.2, 0) is 19.1 Å². The van der Waals surface area contributed by atoms with E-state index in [0.717, 1.165) is 50.0 Å². The van der Waals surface area contributed by atoms with E-state index in [4.69, 9.17) is 5.48 Å². The van der Waals surface area contributed by atoms with Crippen molar-refractivity contribution in [2.75, 3.05) is 9.80 Å². The molecule has 2 aliphatic rings. The van der Waals surface area contributed by atoms with E-state index in [-0.39, 0.29) is 46.0 Å². The molecule has 15 rings (SSSR count). The van der Waals surface area contributed by atoms with Crippen LogP contribution in [0, 0.1) is 16.2 Å². The summed E-state index contributed by atoms with van der Waals surface area (Å²) in [4.78, 5) is 4.37. The van der Waals surface area contributed by atoms with Gasteiger partial charge in [-0.15, -0.1) is 0 Å². The molecule has 0 atom stereocenters. The average Bonchev–Trinajstić information content (AvgIpc) is 0.824. The monoisotopic (exact) mass is 1130 g/mol. The molecule has 4 nitrogen and oxygen atoms in total. The molecular formula is C81H73BN4. The van der Waals surface area contributed by atoms with Crippen LogP contribution in [0.25, 0.3) is 77.2 Å². The Balaban J connectivity index is 1.06. The molecule has 0 spiro atoms. The van der Waals surface area contributed by atoms with Gasteiger partial charge in [-0.2, -0.15) is 0 Å². The van der Waals surface area contributed by atoms with Gasteiger partial charge in [-0.05, 0) is 188 Å². The predicted molar refractivity (Wildman–Crippen MR) is 369 cm³/mol. The maximum absolute atomic E-state index is 10.3. The molecule has 5 heteroatoms. The first kappa shape index (κ1) is 40.1. The summed E-state index contributed by atoms with van der Waals surface area (Å²) < 4.78 is 137. The van der Waals surface area contributed by atoms with Crippen LogP contribution in [0.2, 0.25) is 0 Å². The summed E-state index contributed by atoms with van der Waals surface area (Å²) in [6.45, 7) is 16.1.